The van der Waals surface area contributed by atoms with E-state index in [1.165, 1.54) is 4.88 Å². The Morgan fingerprint density at radius 2 is 2.33 bits per heavy atom. The molecule has 2 nitrogen and oxygen atoms in total. The average Bonchev–Trinajstić information content (AvgIpc) is 2.71. The van der Waals surface area contributed by atoms with E-state index in [1.54, 1.807) is 17.5 Å². The molecule has 4 heteroatoms. The highest BCUT2D eigenvalue weighted by atomic mass is 32.1. The molecule has 0 aliphatic carbocycles. The summed E-state index contributed by atoms with van der Waals surface area (Å²) in [5, 5.41) is 2.07. The van der Waals surface area contributed by atoms with Crippen LogP contribution in [-0.2, 0) is 6.42 Å². The summed E-state index contributed by atoms with van der Waals surface area (Å²) in [5.41, 5.74) is 0. The van der Waals surface area contributed by atoms with Crippen molar-refractivity contribution < 1.29 is 4.74 Å². The van der Waals surface area contributed by atoms with Crippen LogP contribution in [0.5, 0.6) is 5.88 Å². The summed E-state index contributed by atoms with van der Waals surface area (Å²) >= 11 is 6.78. The van der Waals surface area contributed by atoms with Gasteiger partial charge in [0.1, 0.15) is 0 Å². The van der Waals surface area contributed by atoms with Crippen LogP contribution >= 0.6 is 23.6 Å². The second-order valence-electron chi connectivity index (χ2n) is 3.07. The van der Waals surface area contributed by atoms with E-state index in [0.717, 1.165) is 16.8 Å². The molecule has 0 saturated heterocycles. The number of hydrogen-bond donors (Lipinski definition) is 1. The Hall–Kier alpha value is -1.13. The van der Waals surface area contributed by atoms with Crippen LogP contribution in [0.15, 0.2) is 35.8 Å². The summed E-state index contributed by atoms with van der Waals surface area (Å²) in [4.78, 5) is 4.34. The van der Waals surface area contributed by atoms with Crippen molar-refractivity contribution in [3.8, 4) is 5.88 Å². The summed E-state index contributed by atoms with van der Waals surface area (Å²) in [5.74, 6) is 0.735. The lowest BCUT2D eigenvalue weighted by Gasteiger charge is -2.04. The molecule has 0 fully saturated rings. The van der Waals surface area contributed by atoms with E-state index in [4.69, 9.17) is 17.0 Å². The average molecular weight is 237 g/mol. The zero-order chi connectivity index (χ0) is 10.5. The minimum atomic E-state index is 0.676. The number of aromatic amines is 1. The van der Waals surface area contributed by atoms with Crippen LogP contribution in [0.4, 0.5) is 0 Å². The molecule has 2 aromatic rings. The second-order valence-corrected chi connectivity index (χ2v) is 4.57. The predicted molar refractivity (Wildman–Crippen MR) is 65.1 cm³/mol. The minimum absolute atomic E-state index is 0.676. The summed E-state index contributed by atoms with van der Waals surface area (Å²) in [6, 6.07) is 7.82. The fraction of sp³-hybridized carbons (Fsp3) is 0.182. The van der Waals surface area contributed by atoms with E-state index in [9.17, 15) is 0 Å². The number of hydrogen-bond acceptors (Lipinski definition) is 3. The lowest BCUT2D eigenvalue weighted by atomic mass is 10.4. The van der Waals surface area contributed by atoms with Gasteiger partial charge in [0.25, 0.3) is 0 Å². The lowest BCUT2D eigenvalue weighted by Crippen LogP contribution is -2.01. The smallest absolute Gasteiger partial charge is 0.192 e. The second kappa shape index (κ2) is 5.09. The van der Waals surface area contributed by atoms with Gasteiger partial charge in [-0.15, -0.1) is 11.3 Å². The van der Waals surface area contributed by atoms with Crippen molar-refractivity contribution in [2.45, 2.75) is 6.42 Å². The van der Waals surface area contributed by atoms with Crippen LogP contribution < -0.4 is 4.74 Å². The van der Waals surface area contributed by atoms with Crippen LogP contribution in [-0.4, -0.2) is 11.6 Å². The molecule has 2 heterocycles. The molecule has 0 radical (unpaired) electrons. The first kappa shape index (κ1) is 10.4. The first-order chi connectivity index (χ1) is 7.34. The Bertz CT molecular complexity index is 461. The van der Waals surface area contributed by atoms with Crippen molar-refractivity contribution in [2.24, 2.45) is 0 Å². The quantitative estimate of drug-likeness (QED) is 0.824. The maximum Gasteiger partial charge on any atom is 0.192 e. The Morgan fingerprint density at radius 3 is 3.07 bits per heavy atom. The summed E-state index contributed by atoms with van der Waals surface area (Å²) < 4.78 is 6.34. The number of thiophene rings is 1. The van der Waals surface area contributed by atoms with Gasteiger partial charge in [-0.1, -0.05) is 18.3 Å². The zero-order valence-corrected chi connectivity index (χ0v) is 9.74. The molecular formula is C11H11NOS2. The molecule has 0 spiro atoms. The van der Waals surface area contributed by atoms with Crippen LogP contribution in [0, 0.1) is 4.51 Å². The normalized spacial score (nSPS) is 10.1. The van der Waals surface area contributed by atoms with Gasteiger partial charge < -0.3 is 9.72 Å². The maximum absolute atomic E-state index is 5.54. The number of nitrogens with one attached hydrogen (secondary N) is 1. The first-order valence-corrected chi connectivity index (χ1v) is 5.97. The highest BCUT2D eigenvalue weighted by Crippen LogP contribution is 2.10. The number of aromatic nitrogens is 1. The molecule has 0 unspecified atom stereocenters. The van der Waals surface area contributed by atoms with Crippen molar-refractivity contribution in [1.82, 2.24) is 4.98 Å². The van der Waals surface area contributed by atoms with E-state index < -0.39 is 0 Å². The molecule has 1 N–H and O–H groups in total. The van der Waals surface area contributed by atoms with E-state index in [1.807, 2.05) is 12.1 Å². The molecule has 0 bridgehead atoms. The van der Waals surface area contributed by atoms with E-state index in [0.29, 0.717) is 6.61 Å². The van der Waals surface area contributed by atoms with Gasteiger partial charge in [0.2, 0.25) is 0 Å². The standard InChI is InChI=1S/C11H11NOS2/c14-9-3-5-12-11(8-9)13-6-4-10-2-1-7-15-10/h1-3,5,7-8H,4,6H2,(H,12,14). The summed E-state index contributed by atoms with van der Waals surface area (Å²) in [6.45, 7) is 0.676. The molecule has 0 amide bonds. The molecule has 0 aliphatic rings. The number of pyridine rings is 1. The lowest BCUT2D eigenvalue weighted by molar-refractivity contribution is 0.310. The van der Waals surface area contributed by atoms with Crippen molar-refractivity contribution in [3.05, 3.63) is 45.2 Å². The molecule has 2 rings (SSSR count). The zero-order valence-electron chi connectivity index (χ0n) is 8.10. The van der Waals surface area contributed by atoms with E-state index in [-0.39, 0.29) is 0 Å². The van der Waals surface area contributed by atoms with E-state index in [2.05, 4.69) is 22.5 Å². The maximum atomic E-state index is 5.54. The first-order valence-electron chi connectivity index (χ1n) is 4.68. The molecular weight excluding hydrogens is 226 g/mol. The predicted octanol–water partition coefficient (Wildman–Crippen LogP) is 3.43. The fourth-order valence-electron chi connectivity index (χ4n) is 1.22. The molecule has 78 valence electrons. The third-order valence-electron chi connectivity index (χ3n) is 1.93. The fourth-order valence-corrected chi connectivity index (χ4v) is 2.09. The van der Waals surface area contributed by atoms with Crippen molar-refractivity contribution in [3.63, 3.8) is 0 Å². The van der Waals surface area contributed by atoms with Gasteiger partial charge in [-0.2, -0.15) is 0 Å². The van der Waals surface area contributed by atoms with Gasteiger partial charge in [0, 0.05) is 28.1 Å². The monoisotopic (exact) mass is 237 g/mol. The van der Waals surface area contributed by atoms with Crippen LogP contribution in [0.25, 0.3) is 0 Å². The van der Waals surface area contributed by atoms with Gasteiger partial charge in [-0.05, 0) is 17.5 Å². The molecule has 0 saturated carbocycles. The summed E-state index contributed by atoms with van der Waals surface area (Å²) in [6.07, 6.45) is 2.73. The molecule has 15 heavy (non-hydrogen) atoms. The van der Waals surface area contributed by atoms with Gasteiger partial charge in [0.15, 0.2) is 5.88 Å². The van der Waals surface area contributed by atoms with Gasteiger partial charge in [0.05, 0.1) is 6.61 Å². The van der Waals surface area contributed by atoms with Crippen LogP contribution in [0.3, 0.4) is 0 Å². The molecule has 0 aliphatic heterocycles. The van der Waals surface area contributed by atoms with E-state index >= 15 is 0 Å². The van der Waals surface area contributed by atoms with Crippen molar-refractivity contribution in [1.29, 1.82) is 0 Å². The highest BCUT2D eigenvalue weighted by molar-refractivity contribution is 7.71. The molecule has 2 aromatic heterocycles. The highest BCUT2D eigenvalue weighted by Gasteiger charge is 1.95. The SMILES string of the molecule is S=c1cc[nH]c(OCCc2cccs2)c1. The topological polar surface area (TPSA) is 25.0 Å². The minimum Gasteiger partial charge on any atom is -0.479 e. The van der Waals surface area contributed by atoms with Gasteiger partial charge in [-0.3, -0.25) is 0 Å². The number of ether oxygens (including phenoxy) is 1. The Balaban J connectivity index is 1.86. The Morgan fingerprint density at radius 1 is 1.40 bits per heavy atom. The van der Waals surface area contributed by atoms with Crippen LogP contribution in [0.1, 0.15) is 4.88 Å². The van der Waals surface area contributed by atoms with Crippen LogP contribution in [0.2, 0.25) is 0 Å². The number of rotatable bonds is 4. The van der Waals surface area contributed by atoms with Gasteiger partial charge >= 0.3 is 0 Å². The Labute approximate surface area is 97.6 Å². The Kier molecular flexibility index (Phi) is 3.53. The summed E-state index contributed by atoms with van der Waals surface area (Å²) in [7, 11) is 0. The molecule has 0 aromatic carbocycles. The third-order valence-corrected chi connectivity index (χ3v) is 3.12. The molecule has 0 atom stereocenters. The van der Waals surface area contributed by atoms with Crippen molar-refractivity contribution >= 4 is 23.6 Å². The largest absolute Gasteiger partial charge is 0.479 e. The van der Waals surface area contributed by atoms with Crippen molar-refractivity contribution in [2.75, 3.05) is 6.61 Å². The third kappa shape index (κ3) is 3.18. The number of H-pyrrole nitrogens is 1. The van der Waals surface area contributed by atoms with Gasteiger partial charge in [-0.25, -0.2) is 0 Å².